The molecule has 148 valence electrons. The van der Waals surface area contributed by atoms with Crippen molar-refractivity contribution in [2.75, 3.05) is 14.2 Å². The van der Waals surface area contributed by atoms with Gasteiger partial charge in [-0.15, -0.1) is 11.8 Å². The predicted molar refractivity (Wildman–Crippen MR) is 104 cm³/mol. The highest BCUT2D eigenvalue weighted by molar-refractivity contribution is 8.01. The van der Waals surface area contributed by atoms with Gasteiger partial charge in [-0.2, -0.15) is 0 Å². The highest BCUT2D eigenvalue weighted by Crippen LogP contribution is 2.58. The van der Waals surface area contributed by atoms with Crippen LogP contribution in [0.15, 0.2) is 34.9 Å². The van der Waals surface area contributed by atoms with E-state index in [1.165, 1.54) is 14.2 Å². The Morgan fingerprint density at radius 2 is 2.07 bits per heavy atom. The van der Waals surface area contributed by atoms with Gasteiger partial charge in [0.2, 0.25) is 5.91 Å². The third-order valence-electron chi connectivity index (χ3n) is 5.16. The van der Waals surface area contributed by atoms with E-state index < -0.39 is 10.8 Å². The molecule has 7 nitrogen and oxygen atoms in total. The standard InChI is InChI=1S/C20H22N2O5S/c1-20(2)16(17(23)21-10-11-6-5-9-27-11)22-18(24)14-12(19(22)28-20)7-8-13(25-3)15(14)26-4/h5-9,16,19H,10H2,1-4H3,(H,21,23)/t16-,19-/m0/s1. The van der Waals surface area contributed by atoms with Crippen LogP contribution in [0.2, 0.25) is 0 Å². The molecule has 1 aromatic heterocycles. The van der Waals surface area contributed by atoms with Crippen molar-refractivity contribution in [1.29, 1.82) is 0 Å². The van der Waals surface area contributed by atoms with Crippen molar-refractivity contribution >= 4 is 23.6 Å². The molecule has 0 radical (unpaired) electrons. The fourth-order valence-electron chi connectivity index (χ4n) is 3.94. The molecule has 0 bridgehead atoms. The van der Waals surface area contributed by atoms with Crippen molar-refractivity contribution in [2.45, 2.75) is 36.6 Å². The summed E-state index contributed by atoms with van der Waals surface area (Å²) in [6, 6.07) is 6.63. The largest absolute Gasteiger partial charge is 0.493 e. The van der Waals surface area contributed by atoms with E-state index >= 15 is 0 Å². The van der Waals surface area contributed by atoms with Gasteiger partial charge in [-0.3, -0.25) is 9.59 Å². The third kappa shape index (κ3) is 2.74. The fraction of sp³-hybridized carbons (Fsp3) is 0.400. The molecule has 0 spiro atoms. The molecule has 1 aromatic carbocycles. The number of carbonyl (C=O) groups excluding carboxylic acids is 2. The summed E-state index contributed by atoms with van der Waals surface area (Å²) >= 11 is 1.60. The lowest BCUT2D eigenvalue weighted by molar-refractivity contribution is -0.126. The van der Waals surface area contributed by atoms with Gasteiger partial charge in [0, 0.05) is 10.3 Å². The average Bonchev–Trinajstić information content (AvgIpc) is 3.34. The summed E-state index contributed by atoms with van der Waals surface area (Å²) in [7, 11) is 3.05. The molecule has 0 aliphatic carbocycles. The highest BCUT2D eigenvalue weighted by Gasteiger charge is 2.58. The highest BCUT2D eigenvalue weighted by atomic mass is 32.2. The number of rotatable bonds is 5. The quantitative estimate of drug-likeness (QED) is 0.828. The monoisotopic (exact) mass is 402 g/mol. The zero-order valence-corrected chi connectivity index (χ0v) is 17.0. The Labute approximate surface area is 167 Å². The molecule has 1 fully saturated rings. The maximum absolute atomic E-state index is 13.3. The molecular formula is C20H22N2O5S. The molecule has 2 aromatic rings. The van der Waals surface area contributed by atoms with E-state index in [-0.39, 0.29) is 23.7 Å². The lowest BCUT2D eigenvalue weighted by Crippen LogP contribution is -2.52. The number of nitrogens with one attached hydrogen (secondary N) is 1. The predicted octanol–water partition coefficient (Wildman–Crippen LogP) is 2.96. The van der Waals surface area contributed by atoms with E-state index in [9.17, 15) is 9.59 Å². The molecule has 3 heterocycles. The van der Waals surface area contributed by atoms with Gasteiger partial charge in [0.25, 0.3) is 5.91 Å². The Kier molecular flexibility index (Phi) is 4.53. The first-order valence-electron chi connectivity index (χ1n) is 8.94. The topological polar surface area (TPSA) is 81.0 Å². The molecule has 2 aliphatic rings. The van der Waals surface area contributed by atoms with E-state index in [0.29, 0.717) is 22.8 Å². The normalized spacial score (nSPS) is 22.0. The Balaban J connectivity index is 1.67. The lowest BCUT2D eigenvalue weighted by atomic mass is 10.0. The lowest BCUT2D eigenvalue weighted by Gasteiger charge is -2.29. The van der Waals surface area contributed by atoms with E-state index in [0.717, 1.165) is 5.56 Å². The summed E-state index contributed by atoms with van der Waals surface area (Å²) in [5.41, 5.74) is 1.32. The van der Waals surface area contributed by atoms with Crippen molar-refractivity contribution in [2.24, 2.45) is 0 Å². The molecule has 2 atom stereocenters. The van der Waals surface area contributed by atoms with Crippen LogP contribution in [0.25, 0.3) is 0 Å². The van der Waals surface area contributed by atoms with Gasteiger partial charge >= 0.3 is 0 Å². The number of nitrogens with zero attached hydrogens (tertiary/aromatic N) is 1. The Morgan fingerprint density at radius 1 is 1.29 bits per heavy atom. The van der Waals surface area contributed by atoms with Gasteiger partial charge in [-0.25, -0.2) is 0 Å². The Morgan fingerprint density at radius 3 is 2.71 bits per heavy atom. The first kappa shape index (κ1) is 18.7. The Bertz CT molecular complexity index is 925. The summed E-state index contributed by atoms with van der Waals surface area (Å²) in [6.45, 7) is 4.25. The van der Waals surface area contributed by atoms with Crippen LogP contribution < -0.4 is 14.8 Å². The molecule has 0 unspecified atom stereocenters. The first-order valence-corrected chi connectivity index (χ1v) is 9.82. The number of methoxy groups -OCH3 is 2. The van der Waals surface area contributed by atoms with Crippen molar-refractivity contribution in [1.82, 2.24) is 10.2 Å². The SMILES string of the molecule is COc1ccc2c(c1OC)C(=O)N1[C@@H](C(=O)NCc3ccco3)C(C)(C)S[C@@H]21. The maximum atomic E-state index is 13.3. The summed E-state index contributed by atoms with van der Waals surface area (Å²) in [5, 5.41) is 2.66. The van der Waals surface area contributed by atoms with Gasteiger partial charge in [-0.1, -0.05) is 6.07 Å². The van der Waals surface area contributed by atoms with Crippen LogP contribution in [0.3, 0.4) is 0 Å². The summed E-state index contributed by atoms with van der Waals surface area (Å²) in [4.78, 5) is 28.1. The van der Waals surface area contributed by atoms with Crippen LogP contribution in [0, 0.1) is 0 Å². The number of furan rings is 1. The second kappa shape index (κ2) is 6.77. The zero-order valence-electron chi connectivity index (χ0n) is 16.1. The van der Waals surface area contributed by atoms with Crippen molar-refractivity contribution in [3.63, 3.8) is 0 Å². The summed E-state index contributed by atoms with van der Waals surface area (Å²) in [6.07, 6.45) is 1.56. The zero-order chi connectivity index (χ0) is 20.1. The molecule has 1 N–H and O–H groups in total. The van der Waals surface area contributed by atoms with Gasteiger partial charge < -0.3 is 24.1 Å². The van der Waals surface area contributed by atoms with Crippen molar-refractivity contribution < 1.29 is 23.5 Å². The summed E-state index contributed by atoms with van der Waals surface area (Å²) < 4.78 is 15.6. The van der Waals surface area contributed by atoms with Gasteiger partial charge in [0.1, 0.15) is 17.2 Å². The Hall–Kier alpha value is -2.61. The maximum Gasteiger partial charge on any atom is 0.260 e. The summed E-state index contributed by atoms with van der Waals surface area (Å²) in [5.74, 6) is 1.15. The number of hydrogen-bond donors (Lipinski definition) is 1. The first-order chi connectivity index (χ1) is 13.4. The third-order valence-corrected chi connectivity index (χ3v) is 6.70. The molecule has 2 amide bonds. The number of benzene rings is 1. The minimum absolute atomic E-state index is 0.205. The number of thioether (sulfide) groups is 1. The van der Waals surface area contributed by atoms with Crippen LogP contribution in [0.5, 0.6) is 11.5 Å². The van der Waals surface area contributed by atoms with Crippen LogP contribution in [-0.4, -0.2) is 41.7 Å². The van der Waals surface area contributed by atoms with Crippen LogP contribution >= 0.6 is 11.8 Å². The van der Waals surface area contributed by atoms with E-state index in [1.807, 2.05) is 19.9 Å². The van der Waals surface area contributed by atoms with Gasteiger partial charge in [0.05, 0.1) is 32.6 Å². The average molecular weight is 402 g/mol. The molecular weight excluding hydrogens is 380 g/mol. The van der Waals surface area contributed by atoms with E-state index in [1.54, 1.807) is 41.1 Å². The van der Waals surface area contributed by atoms with E-state index in [4.69, 9.17) is 13.9 Å². The molecule has 2 aliphatic heterocycles. The molecule has 4 rings (SSSR count). The molecule has 28 heavy (non-hydrogen) atoms. The number of hydrogen-bond acceptors (Lipinski definition) is 6. The second-order valence-electron chi connectivity index (χ2n) is 7.25. The molecule has 1 saturated heterocycles. The molecule has 8 heteroatoms. The number of carbonyl (C=O) groups is 2. The number of ether oxygens (including phenoxy) is 2. The second-order valence-corrected chi connectivity index (χ2v) is 8.99. The minimum Gasteiger partial charge on any atom is -0.493 e. The van der Waals surface area contributed by atoms with Crippen molar-refractivity contribution in [3.05, 3.63) is 47.4 Å². The number of amides is 2. The van der Waals surface area contributed by atoms with Crippen LogP contribution in [-0.2, 0) is 11.3 Å². The van der Waals surface area contributed by atoms with Gasteiger partial charge in [0.15, 0.2) is 11.5 Å². The smallest absolute Gasteiger partial charge is 0.260 e. The van der Waals surface area contributed by atoms with Crippen molar-refractivity contribution in [3.8, 4) is 11.5 Å². The fourth-order valence-corrected chi connectivity index (χ4v) is 5.52. The van der Waals surface area contributed by atoms with Crippen LogP contribution in [0.4, 0.5) is 0 Å². The van der Waals surface area contributed by atoms with E-state index in [2.05, 4.69) is 5.32 Å². The van der Waals surface area contributed by atoms with Crippen LogP contribution in [0.1, 0.15) is 40.9 Å². The minimum atomic E-state index is -0.618. The van der Waals surface area contributed by atoms with Gasteiger partial charge in [-0.05, 0) is 32.0 Å². The molecule has 0 saturated carbocycles. The number of fused-ring (bicyclic) bond motifs is 3.